The summed E-state index contributed by atoms with van der Waals surface area (Å²) >= 11 is 2.03. The molecule has 0 atom stereocenters. The van der Waals surface area contributed by atoms with Gasteiger partial charge in [-0.1, -0.05) is 30.3 Å². The van der Waals surface area contributed by atoms with Crippen molar-refractivity contribution in [3.05, 3.63) is 63.2 Å². The van der Waals surface area contributed by atoms with Crippen molar-refractivity contribution >= 4 is 34.7 Å². The second kappa shape index (κ2) is 7.04. The number of nitrogens with one attached hydrogen (secondary N) is 1. The minimum absolute atomic E-state index is 0.166. The summed E-state index contributed by atoms with van der Waals surface area (Å²) in [6, 6.07) is 14.6. The molecule has 2 aromatic rings. The summed E-state index contributed by atoms with van der Waals surface area (Å²) < 4.78 is 0.738. The van der Waals surface area contributed by atoms with Crippen LogP contribution in [0.5, 0.6) is 5.75 Å². The third-order valence-corrected chi connectivity index (χ3v) is 3.45. The first-order valence-electron chi connectivity index (χ1n) is 5.99. The molecule has 2 aromatic carbocycles. The zero-order valence-corrected chi connectivity index (χ0v) is 12.7. The van der Waals surface area contributed by atoms with Crippen LogP contribution in [0.3, 0.4) is 0 Å². The van der Waals surface area contributed by atoms with E-state index in [1.54, 1.807) is 24.4 Å². The van der Waals surface area contributed by atoms with Crippen molar-refractivity contribution in [1.29, 1.82) is 0 Å². The highest BCUT2D eigenvalue weighted by atomic mass is 127. The van der Waals surface area contributed by atoms with Gasteiger partial charge in [-0.05, 0) is 51.9 Å². The highest BCUT2D eigenvalue weighted by molar-refractivity contribution is 14.1. The van der Waals surface area contributed by atoms with Gasteiger partial charge in [-0.2, -0.15) is 5.10 Å². The molecule has 0 spiro atoms. The largest absolute Gasteiger partial charge is 0.507 e. The summed E-state index contributed by atoms with van der Waals surface area (Å²) in [7, 11) is 0. The molecule has 0 saturated heterocycles. The van der Waals surface area contributed by atoms with E-state index in [9.17, 15) is 9.90 Å². The van der Waals surface area contributed by atoms with Crippen LogP contribution in [0.25, 0.3) is 0 Å². The average Bonchev–Trinajstić information content (AvgIpc) is 2.44. The molecule has 0 aliphatic rings. The molecule has 0 aliphatic carbocycles. The van der Waals surface area contributed by atoms with Crippen LogP contribution in [-0.2, 0) is 11.2 Å². The van der Waals surface area contributed by atoms with Crippen LogP contribution in [0, 0.1) is 3.57 Å². The molecule has 20 heavy (non-hydrogen) atoms. The lowest BCUT2D eigenvalue weighted by Crippen LogP contribution is -2.19. The minimum Gasteiger partial charge on any atom is -0.507 e. The van der Waals surface area contributed by atoms with E-state index < -0.39 is 0 Å². The Hall–Kier alpha value is -1.89. The SMILES string of the molecule is O=C(Cc1ccccc1)NN=Cc1ccc(O)c(I)c1. The smallest absolute Gasteiger partial charge is 0.244 e. The maximum atomic E-state index is 11.7. The van der Waals surface area contributed by atoms with Gasteiger partial charge in [-0.3, -0.25) is 4.79 Å². The Balaban J connectivity index is 1.89. The number of phenolic OH excluding ortho intramolecular Hbond substituents is 1. The molecular weight excluding hydrogens is 367 g/mol. The molecule has 102 valence electrons. The van der Waals surface area contributed by atoms with Gasteiger partial charge in [-0.15, -0.1) is 0 Å². The highest BCUT2D eigenvalue weighted by Crippen LogP contribution is 2.19. The Kier molecular flexibility index (Phi) is 5.11. The second-order valence-electron chi connectivity index (χ2n) is 4.17. The quantitative estimate of drug-likeness (QED) is 0.487. The first kappa shape index (κ1) is 14.5. The molecule has 4 nitrogen and oxygen atoms in total. The molecule has 2 rings (SSSR count). The number of hydrogen-bond donors (Lipinski definition) is 2. The number of rotatable bonds is 4. The maximum Gasteiger partial charge on any atom is 0.244 e. The second-order valence-corrected chi connectivity index (χ2v) is 5.33. The zero-order chi connectivity index (χ0) is 14.4. The number of aromatic hydroxyl groups is 1. The Morgan fingerprint density at radius 1 is 1.25 bits per heavy atom. The molecule has 0 aliphatic heterocycles. The summed E-state index contributed by atoms with van der Waals surface area (Å²) in [5.41, 5.74) is 4.24. The Labute approximate surface area is 130 Å². The highest BCUT2D eigenvalue weighted by Gasteiger charge is 2.01. The van der Waals surface area contributed by atoms with Crippen LogP contribution in [0.1, 0.15) is 11.1 Å². The van der Waals surface area contributed by atoms with E-state index in [2.05, 4.69) is 10.5 Å². The number of carbonyl (C=O) groups excluding carboxylic acids is 1. The van der Waals surface area contributed by atoms with Crippen molar-refractivity contribution in [2.45, 2.75) is 6.42 Å². The summed E-state index contributed by atoms with van der Waals surface area (Å²) in [5, 5.41) is 13.3. The number of nitrogens with zero attached hydrogens (tertiary/aromatic N) is 1. The Morgan fingerprint density at radius 2 is 2.00 bits per heavy atom. The molecular formula is C15H13IN2O2. The number of benzene rings is 2. The van der Waals surface area contributed by atoms with Crippen LogP contribution in [-0.4, -0.2) is 17.2 Å². The molecule has 0 radical (unpaired) electrons. The monoisotopic (exact) mass is 380 g/mol. The van der Waals surface area contributed by atoms with E-state index in [0.717, 1.165) is 14.7 Å². The average molecular weight is 380 g/mol. The minimum atomic E-state index is -0.166. The molecule has 0 heterocycles. The molecule has 5 heteroatoms. The lowest BCUT2D eigenvalue weighted by Gasteiger charge is -2.00. The molecule has 0 fully saturated rings. The summed E-state index contributed by atoms with van der Waals surface area (Å²) in [5.74, 6) is 0.0665. The standard InChI is InChI=1S/C15H13IN2O2/c16-13-8-12(6-7-14(13)19)10-17-18-15(20)9-11-4-2-1-3-5-11/h1-8,10,19H,9H2,(H,18,20). The van der Waals surface area contributed by atoms with Gasteiger partial charge in [0.2, 0.25) is 5.91 Å². The van der Waals surface area contributed by atoms with Gasteiger partial charge >= 0.3 is 0 Å². The van der Waals surface area contributed by atoms with Gasteiger partial charge in [0.25, 0.3) is 0 Å². The molecule has 2 N–H and O–H groups in total. The van der Waals surface area contributed by atoms with Crippen LogP contribution >= 0.6 is 22.6 Å². The summed E-state index contributed by atoms with van der Waals surface area (Å²) in [4.78, 5) is 11.7. The van der Waals surface area contributed by atoms with Crippen molar-refractivity contribution in [2.24, 2.45) is 5.10 Å². The van der Waals surface area contributed by atoms with Gasteiger partial charge in [0, 0.05) is 0 Å². The van der Waals surface area contributed by atoms with Crippen molar-refractivity contribution < 1.29 is 9.90 Å². The number of halogens is 1. The molecule has 0 bridgehead atoms. The Bertz CT molecular complexity index is 627. The normalized spacial score (nSPS) is 10.7. The fraction of sp³-hybridized carbons (Fsp3) is 0.0667. The lowest BCUT2D eigenvalue weighted by molar-refractivity contribution is -0.120. The predicted molar refractivity (Wildman–Crippen MR) is 86.7 cm³/mol. The summed E-state index contributed by atoms with van der Waals surface area (Å²) in [6.07, 6.45) is 1.84. The molecule has 0 saturated carbocycles. The molecule has 0 unspecified atom stereocenters. The van der Waals surface area contributed by atoms with Crippen LogP contribution in [0.15, 0.2) is 53.6 Å². The Morgan fingerprint density at radius 3 is 2.70 bits per heavy atom. The van der Waals surface area contributed by atoms with Crippen molar-refractivity contribution in [2.75, 3.05) is 0 Å². The molecule has 0 aromatic heterocycles. The predicted octanol–water partition coefficient (Wildman–Crippen LogP) is 2.69. The van der Waals surface area contributed by atoms with E-state index >= 15 is 0 Å². The fourth-order valence-electron chi connectivity index (χ4n) is 1.60. The third kappa shape index (κ3) is 4.34. The summed E-state index contributed by atoms with van der Waals surface area (Å²) in [6.45, 7) is 0. The van der Waals surface area contributed by atoms with Gasteiger partial charge in [0.1, 0.15) is 5.75 Å². The number of carbonyl (C=O) groups is 1. The number of hydrogen-bond acceptors (Lipinski definition) is 3. The van der Waals surface area contributed by atoms with Gasteiger partial charge in [0.05, 0.1) is 16.2 Å². The number of phenols is 1. The van der Waals surface area contributed by atoms with Crippen LogP contribution in [0.2, 0.25) is 0 Å². The van der Waals surface area contributed by atoms with Crippen molar-refractivity contribution in [1.82, 2.24) is 5.43 Å². The zero-order valence-electron chi connectivity index (χ0n) is 10.6. The van der Waals surface area contributed by atoms with E-state index in [1.165, 1.54) is 0 Å². The van der Waals surface area contributed by atoms with Crippen LogP contribution in [0.4, 0.5) is 0 Å². The van der Waals surface area contributed by atoms with Gasteiger partial charge in [-0.25, -0.2) is 5.43 Å². The fourth-order valence-corrected chi connectivity index (χ4v) is 2.14. The van der Waals surface area contributed by atoms with Crippen molar-refractivity contribution in [3.63, 3.8) is 0 Å². The van der Waals surface area contributed by atoms with E-state index in [-0.39, 0.29) is 11.7 Å². The van der Waals surface area contributed by atoms with E-state index in [1.807, 2.05) is 52.9 Å². The maximum absolute atomic E-state index is 11.7. The van der Waals surface area contributed by atoms with Gasteiger partial charge in [0.15, 0.2) is 0 Å². The lowest BCUT2D eigenvalue weighted by atomic mass is 10.1. The van der Waals surface area contributed by atoms with Gasteiger partial charge < -0.3 is 5.11 Å². The first-order valence-corrected chi connectivity index (χ1v) is 7.07. The van der Waals surface area contributed by atoms with E-state index in [4.69, 9.17) is 0 Å². The molecule has 1 amide bonds. The number of hydrazone groups is 1. The van der Waals surface area contributed by atoms with E-state index in [0.29, 0.717) is 6.42 Å². The topological polar surface area (TPSA) is 61.7 Å². The number of amides is 1. The van der Waals surface area contributed by atoms with Crippen molar-refractivity contribution in [3.8, 4) is 5.75 Å². The third-order valence-electron chi connectivity index (χ3n) is 2.58. The first-order chi connectivity index (χ1) is 9.65. The van der Waals surface area contributed by atoms with Crippen LogP contribution < -0.4 is 5.43 Å².